The molecule has 0 spiro atoms. The van der Waals surface area contributed by atoms with E-state index in [0.29, 0.717) is 12.3 Å². The van der Waals surface area contributed by atoms with E-state index >= 15 is 0 Å². The highest BCUT2D eigenvalue weighted by atomic mass is 32.2. The monoisotopic (exact) mass is 359 g/mol. The van der Waals surface area contributed by atoms with Crippen LogP contribution in [0.2, 0.25) is 0 Å². The summed E-state index contributed by atoms with van der Waals surface area (Å²) in [5.74, 6) is 1.34. The molecule has 2 N–H and O–H groups in total. The SMILES string of the molecule is COc1ccc([C@@H](CNC(=O)CSc2ccccc2C)[NH+](C)C)cc1. The molecule has 0 heterocycles. The number of hydrogen-bond donors (Lipinski definition) is 2. The van der Waals surface area contributed by atoms with E-state index in [0.717, 1.165) is 10.6 Å². The van der Waals surface area contributed by atoms with Crippen LogP contribution in [0.1, 0.15) is 17.2 Å². The Hall–Kier alpha value is -1.98. The van der Waals surface area contributed by atoms with E-state index < -0.39 is 0 Å². The Morgan fingerprint density at radius 3 is 2.44 bits per heavy atom. The predicted octanol–water partition coefficient (Wildman–Crippen LogP) is 2.10. The first kappa shape index (κ1) is 19.3. The Morgan fingerprint density at radius 1 is 1.16 bits per heavy atom. The molecule has 0 fully saturated rings. The maximum atomic E-state index is 12.2. The lowest BCUT2D eigenvalue weighted by molar-refractivity contribution is -0.890. The molecule has 0 unspecified atom stereocenters. The summed E-state index contributed by atoms with van der Waals surface area (Å²) in [6.45, 7) is 2.68. The number of carbonyl (C=O) groups excluding carboxylic acids is 1. The number of quaternary nitrogens is 1. The van der Waals surface area contributed by atoms with Gasteiger partial charge in [-0.2, -0.15) is 0 Å². The van der Waals surface area contributed by atoms with Crippen LogP contribution in [-0.4, -0.2) is 39.4 Å². The predicted molar refractivity (Wildman–Crippen MR) is 103 cm³/mol. The quantitative estimate of drug-likeness (QED) is 0.710. The zero-order chi connectivity index (χ0) is 18.2. The maximum Gasteiger partial charge on any atom is 0.230 e. The Balaban J connectivity index is 1.89. The molecule has 0 bridgehead atoms. The highest BCUT2D eigenvalue weighted by molar-refractivity contribution is 8.00. The van der Waals surface area contributed by atoms with Crippen LogP contribution in [0.3, 0.4) is 0 Å². The summed E-state index contributed by atoms with van der Waals surface area (Å²) >= 11 is 1.58. The summed E-state index contributed by atoms with van der Waals surface area (Å²) in [4.78, 5) is 14.7. The van der Waals surface area contributed by atoms with Gasteiger partial charge in [-0.3, -0.25) is 4.79 Å². The molecule has 1 amide bonds. The largest absolute Gasteiger partial charge is 0.497 e. The molecular weight excluding hydrogens is 332 g/mol. The molecule has 2 aromatic carbocycles. The van der Waals surface area contributed by atoms with E-state index in [9.17, 15) is 4.79 Å². The maximum absolute atomic E-state index is 12.2. The van der Waals surface area contributed by atoms with Crippen LogP contribution >= 0.6 is 11.8 Å². The average Bonchev–Trinajstić information content (AvgIpc) is 2.61. The van der Waals surface area contributed by atoms with E-state index in [1.165, 1.54) is 16.0 Å². The van der Waals surface area contributed by atoms with Crippen molar-refractivity contribution in [1.29, 1.82) is 0 Å². The molecule has 25 heavy (non-hydrogen) atoms. The summed E-state index contributed by atoms with van der Waals surface area (Å²) in [5, 5.41) is 3.07. The summed E-state index contributed by atoms with van der Waals surface area (Å²) in [5.41, 5.74) is 2.39. The fraction of sp³-hybridized carbons (Fsp3) is 0.350. The highest BCUT2D eigenvalue weighted by Crippen LogP contribution is 2.21. The van der Waals surface area contributed by atoms with Crippen LogP contribution in [0.15, 0.2) is 53.4 Å². The molecule has 5 heteroatoms. The summed E-state index contributed by atoms with van der Waals surface area (Å²) in [7, 11) is 5.86. The zero-order valence-electron chi connectivity index (χ0n) is 15.3. The third-order valence-corrected chi connectivity index (χ3v) is 5.35. The smallest absolute Gasteiger partial charge is 0.230 e. The average molecular weight is 360 g/mol. The summed E-state index contributed by atoms with van der Waals surface area (Å²) < 4.78 is 5.21. The van der Waals surface area contributed by atoms with Gasteiger partial charge in [-0.1, -0.05) is 18.2 Å². The van der Waals surface area contributed by atoms with Gasteiger partial charge in [0.2, 0.25) is 5.91 Å². The fourth-order valence-corrected chi connectivity index (χ4v) is 3.48. The molecule has 2 rings (SSSR count). The standard InChI is InChI=1S/C20H26N2O2S/c1-15-7-5-6-8-19(15)25-14-20(23)21-13-18(22(2)3)16-9-11-17(24-4)12-10-16/h5-12,18H,13-14H2,1-4H3,(H,21,23)/p+1/t18-/m1/s1. The Labute approximate surface area is 154 Å². The first-order chi connectivity index (χ1) is 12.0. The molecule has 0 aromatic heterocycles. The van der Waals surface area contributed by atoms with Crippen molar-refractivity contribution in [2.45, 2.75) is 17.9 Å². The van der Waals surface area contributed by atoms with Crippen LogP contribution in [-0.2, 0) is 4.79 Å². The van der Waals surface area contributed by atoms with Gasteiger partial charge in [-0.05, 0) is 42.8 Å². The van der Waals surface area contributed by atoms with Gasteiger partial charge < -0.3 is 15.0 Å². The van der Waals surface area contributed by atoms with Gasteiger partial charge in [0.05, 0.1) is 33.5 Å². The second kappa shape index (κ2) is 9.49. The lowest BCUT2D eigenvalue weighted by Gasteiger charge is -2.22. The van der Waals surface area contributed by atoms with Crippen LogP contribution in [0.25, 0.3) is 0 Å². The Kier molecular flexibility index (Phi) is 7.34. The van der Waals surface area contributed by atoms with Crippen molar-refractivity contribution in [3.63, 3.8) is 0 Å². The number of likely N-dealkylation sites (N-methyl/N-ethyl adjacent to an activating group) is 1. The van der Waals surface area contributed by atoms with Gasteiger partial charge in [0, 0.05) is 10.5 Å². The number of thioether (sulfide) groups is 1. The second-order valence-corrected chi connectivity index (χ2v) is 7.28. The van der Waals surface area contributed by atoms with Crippen LogP contribution in [0, 0.1) is 6.92 Å². The Morgan fingerprint density at radius 2 is 1.84 bits per heavy atom. The zero-order valence-corrected chi connectivity index (χ0v) is 16.2. The first-order valence-electron chi connectivity index (χ1n) is 8.40. The van der Waals surface area contributed by atoms with E-state index in [1.54, 1.807) is 18.9 Å². The van der Waals surface area contributed by atoms with Crippen molar-refractivity contribution < 1.29 is 14.4 Å². The van der Waals surface area contributed by atoms with E-state index in [1.807, 2.05) is 24.3 Å². The topological polar surface area (TPSA) is 42.8 Å². The number of ether oxygens (including phenoxy) is 1. The molecule has 0 aliphatic carbocycles. The number of hydrogen-bond acceptors (Lipinski definition) is 3. The molecule has 0 aliphatic heterocycles. The van der Waals surface area contributed by atoms with E-state index in [4.69, 9.17) is 4.74 Å². The molecule has 4 nitrogen and oxygen atoms in total. The minimum absolute atomic E-state index is 0.0630. The first-order valence-corrected chi connectivity index (χ1v) is 9.39. The minimum Gasteiger partial charge on any atom is -0.497 e. The highest BCUT2D eigenvalue weighted by Gasteiger charge is 2.19. The number of amides is 1. The molecular formula is C20H27N2O2S+. The van der Waals surface area contributed by atoms with Gasteiger partial charge in [0.25, 0.3) is 0 Å². The minimum atomic E-state index is 0.0630. The molecule has 134 valence electrons. The van der Waals surface area contributed by atoms with Gasteiger partial charge >= 0.3 is 0 Å². The number of aryl methyl sites for hydroxylation is 1. The number of nitrogens with one attached hydrogen (secondary N) is 2. The normalized spacial score (nSPS) is 12.0. The lowest BCUT2D eigenvalue weighted by atomic mass is 10.1. The van der Waals surface area contributed by atoms with Crippen LogP contribution in [0.4, 0.5) is 0 Å². The van der Waals surface area contributed by atoms with Gasteiger partial charge in [-0.15, -0.1) is 11.8 Å². The third kappa shape index (κ3) is 5.80. The summed E-state index contributed by atoms with van der Waals surface area (Å²) in [6, 6.07) is 16.4. The lowest BCUT2D eigenvalue weighted by Crippen LogP contribution is -3.07. The van der Waals surface area contributed by atoms with E-state index in [-0.39, 0.29) is 11.9 Å². The third-order valence-electron chi connectivity index (χ3n) is 4.17. The molecule has 0 radical (unpaired) electrons. The van der Waals surface area contributed by atoms with Gasteiger partial charge in [0.15, 0.2) is 0 Å². The molecule has 1 atom stereocenters. The van der Waals surface area contributed by atoms with E-state index in [2.05, 4.69) is 50.6 Å². The molecule has 0 aliphatic rings. The van der Waals surface area contributed by atoms with Crippen molar-refractivity contribution in [2.75, 3.05) is 33.5 Å². The molecule has 2 aromatic rings. The van der Waals surface area contributed by atoms with Gasteiger partial charge in [0.1, 0.15) is 11.8 Å². The molecule has 0 saturated heterocycles. The van der Waals surface area contributed by atoms with Gasteiger partial charge in [-0.25, -0.2) is 0 Å². The molecule has 0 saturated carbocycles. The number of rotatable bonds is 8. The summed E-state index contributed by atoms with van der Waals surface area (Å²) in [6.07, 6.45) is 0. The van der Waals surface area contributed by atoms with Crippen LogP contribution < -0.4 is 15.0 Å². The number of carbonyl (C=O) groups is 1. The van der Waals surface area contributed by atoms with Crippen LogP contribution in [0.5, 0.6) is 5.75 Å². The van der Waals surface area contributed by atoms with Crippen molar-refractivity contribution in [3.8, 4) is 5.75 Å². The van der Waals surface area contributed by atoms with Crippen molar-refractivity contribution in [2.24, 2.45) is 0 Å². The van der Waals surface area contributed by atoms with Crippen molar-refractivity contribution >= 4 is 17.7 Å². The number of benzene rings is 2. The fourth-order valence-electron chi connectivity index (χ4n) is 2.62. The van der Waals surface area contributed by atoms with Crippen molar-refractivity contribution in [3.05, 3.63) is 59.7 Å². The van der Waals surface area contributed by atoms with Crippen molar-refractivity contribution in [1.82, 2.24) is 5.32 Å². The Bertz CT molecular complexity index is 686. The second-order valence-electron chi connectivity index (χ2n) is 6.26. The number of methoxy groups -OCH3 is 1.